The number of esters is 1. The molecule has 0 unspecified atom stereocenters. The zero-order valence-electron chi connectivity index (χ0n) is 20.2. The molecule has 1 atom stereocenters. The van der Waals surface area contributed by atoms with Crippen molar-refractivity contribution in [3.05, 3.63) is 84.2 Å². The van der Waals surface area contributed by atoms with Gasteiger partial charge in [0.05, 0.1) is 12.7 Å². The highest BCUT2D eigenvalue weighted by atomic mass is 16.6. The minimum atomic E-state index is -0.918. The van der Waals surface area contributed by atoms with Gasteiger partial charge in [-0.2, -0.15) is 0 Å². The van der Waals surface area contributed by atoms with Gasteiger partial charge >= 0.3 is 12.1 Å². The van der Waals surface area contributed by atoms with Crippen LogP contribution < -0.4 is 10.6 Å². The lowest BCUT2D eigenvalue weighted by atomic mass is 10.0. The van der Waals surface area contributed by atoms with Crippen LogP contribution in [-0.4, -0.2) is 41.7 Å². The summed E-state index contributed by atoms with van der Waals surface area (Å²) in [4.78, 5) is 42.1. The molecule has 0 aliphatic rings. The van der Waals surface area contributed by atoms with Crippen LogP contribution in [0.1, 0.15) is 36.7 Å². The topological polar surface area (TPSA) is 107 Å². The van der Waals surface area contributed by atoms with E-state index >= 15 is 0 Å². The fourth-order valence-corrected chi connectivity index (χ4v) is 3.38. The molecule has 2 aromatic carbocycles. The van der Waals surface area contributed by atoms with E-state index in [2.05, 4.69) is 15.6 Å². The van der Waals surface area contributed by atoms with Gasteiger partial charge in [-0.3, -0.25) is 9.78 Å². The van der Waals surface area contributed by atoms with Gasteiger partial charge in [-0.1, -0.05) is 30.3 Å². The summed E-state index contributed by atoms with van der Waals surface area (Å²) in [5, 5.41) is 5.49. The highest BCUT2D eigenvalue weighted by Gasteiger charge is 2.25. The number of methoxy groups -OCH3 is 1. The van der Waals surface area contributed by atoms with Gasteiger partial charge in [0.15, 0.2) is 0 Å². The van der Waals surface area contributed by atoms with Gasteiger partial charge in [0, 0.05) is 24.5 Å². The first-order valence-electron chi connectivity index (χ1n) is 11.1. The average molecular weight is 476 g/mol. The van der Waals surface area contributed by atoms with Crippen LogP contribution in [0.25, 0.3) is 11.1 Å². The molecule has 2 amide bonds. The number of ether oxygens (including phenoxy) is 2. The van der Waals surface area contributed by atoms with Gasteiger partial charge in [-0.05, 0) is 67.8 Å². The van der Waals surface area contributed by atoms with E-state index in [0.29, 0.717) is 11.3 Å². The number of hydrogen-bond acceptors (Lipinski definition) is 6. The SMILES string of the molecule is COC(=O)c1cc(NC(=O)[C@H](Cc2ccccc2)NC(=O)OC(C)(C)C)cc(-c2ccncc2)c1. The van der Waals surface area contributed by atoms with Crippen molar-refractivity contribution in [1.29, 1.82) is 0 Å². The van der Waals surface area contributed by atoms with Crippen molar-refractivity contribution in [2.75, 3.05) is 12.4 Å². The van der Waals surface area contributed by atoms with E-state index in [1.165, 1.54) is 13.2 Å². The molecule has 1 heterocycles. The summed E-state index contributed by atoms with van der Waals surface area (Å²) in [6, 6.07) is 17.0. The number of alkyl carbamates (subject to hydrolysis) is 1. The number of carbonyl (C=O) groups excluding carboxylic acids is 3. The van der Waals surface area contributed by atoms with E-state index in [1.54, 1.807) is 57.4 Å². The predicted molar refractivity (Wildman–Crippen MR) is 133 cm³/mol. The van der Waals surface area contributed by atoms with E-state index in [9.17, 15) is 14.4 Å². The van der Waals surface area contributed by atoms with Crippen LogP contribution in [-0.2, 0) is 20.7 Å². The Morgan fingerprint density at radius 2 is 1.63 bits per heavy atom. The molecule has 8 nitrogen and oxygen atoms in total. The summed E-state index contributed by atoms with van der Waals surface area (Å²) >= 11 is 0. The van der Waals surface area contributed by atoms with Crippen molar-refractivity contribution < 1.29 is 23.9 Å². The Hall–Kier alpha value is -4.20. The third-order valence-corrected chi connectivity index (χ3v) is 4.93. The molecule has 35 heavy (non-hydrogen) atoms. The van der Waals surface area contributed by atoms with E-state index in [1.807, 2.05) is 30.3 Å². The number of anilines is 1. The molecule has 0 bridgehead atoms. The van der Waals surface area contributed by atoms with Crippen LogP contribution >= 0.6 is 0 Å². The first-order valence-corrected chi connectivity index (χ1v) is 11.1. The maximum Gasteiger partial charge on any atom is 0.408 e. The first kappa shape index (κ1) is 25.4. The molecule has 1 aromatic heterocycles. The minimum absolute atomic E-state index is 0.250. The Bertz CT molecular complexity index is 1170. The van der Waals surface area contributed by atoms with E-state index < -0.39 is 29.6 Å². The van der Waals surface area contributed by atoms with Gasteiger partial charge in [0.2, 0.25) is 5.91 Å². The van der Waals surface area contributed by atoms with Crippen LogP contribution in [0.5, 0.6) is 0 Å². The van der Waals surface area contributed by atoms with Gasteiger partial charge in [0.1, 0.15) is 11.6 Å². The largest absolute Gasteiger partial charge is 0.465 e. The normalized spacial score (nSPS) is 11.8. The summed E-state index contributed by atoms with van der Waals surface area (Å²) in [5.41, 5.74) is 2.32. The summed E-state index contributed by atoms with van der Waals surface area (Å²) in [6.45, 7) is 5.24. The monoisotopic (exact) mass is 475 g/mol. The van der Waals surface area contributed by atoms with Crippen LogP contribution in [0.2, 0.25) is 0 Å². The van der Waals surface area contributed by atoms with Crippen molar-refractivity contribution in [1.82, 2.24) is 10.3 Å². The van der Waals surface area contributed by atoms with Crippen molar-refractivity contribution in [2.24, 2.45) is 0 Å². The van der Waals surface area contributed by atoms with Crippen molar-refractivity contribution in [3.63, 3.8) is 0 Å². The molecule has 8 heteroatoms. The van der Waals surface area contributed by atoms with Crippen LogP contribution in [0.15, 0.2) is 73.1 Å². The molecule has 0 fully saturated rings. The molecular formula is C27H29N3O5. The van der Waals surface area contributed by atoms with Crippen molar-refractivity contribution in [2.45, 2.75) is 38.8 Å². The van der Waals surface area contributed by atoms with Crippen LogP contribution in [0, 0.1) is 0 Å². The second-order valence-corrected chi connectivity index (χ2v) is 8.90. The van der Waals surface area contributed by atoms with E-state index in [4.69, 9.17) is 9.47 Å². The lowest BCUT2D eigenvalue weighted by molar-refractivity contribution is -0.118. The second-order valence-electron chi connectivity index (χ2n) is 8.90. The lowest BCUT2D eigenvalue weighted by Crippen LogP contribution is -2.47. The molecular weight excluding hydrogens is 446 g/mol. The summed E-state index contributed by atoms with van der Waals surface area (Å²) < 4.78 is 10.2. The van der Waals surface area contributed by atoms with Gasteiger partial charge in [-0.25, -0.2) is 9.59 Å². The number of pyridine rings is 1. The zero-order valence-corrected chi connectivity index (χ0v) is 20.2. The lowest BCUT2D eigenvalue weighted by Gasteiger charge is -2.23. The molecule has 182 valence electrons. The number of carbonyl (C=O) groups is 3. The number of rotatable bonds is 7. The predicted octanol–water partition coefficient (Wildman–Crippen LogP) is 4.61. The first-order chi connectivity index (χ1) is 16.6. The molecule has 0 aliphatic carbocycles. The Morgan fingerprint density at radius 3 is 2.26 bits per heavy atom. The summed E-state index contributed by atoms with van der Waals surface area (Å²) in [6.07, 6.45) is 2.83. The fraction of sp³-hybridized carbons (Fsp3) is 0.259. The molecule has 0 spiro atoms. The third-order valence-electron chi connectivity index (χ3n) is 4.93. The van der Waals surface area contributed by atoms with E-state index in [0.717, 1.165) is 11.1 Å². The van der Waals surface area contributed by atoms with Gasteiger partial charge in [0.25, 0.3) is 0 Å². The Morgan fingerprint density at radius 1 is 0.943 bits per heavy atom. The smallest absolute Gasteiger partial charge is 0.408 e. The van der Waals surface area contributed by atoms with E-state index in [-0.39, 0.29) is 12.0 Å². The van der Waals surface area contributed by atoms with Crippen molar-refractivity contribution in [3.8, 4) is 11.1 Å². The van der Waals surface area contributed by atoms with Gasteiger partial charge < -0.3 is 20.1 Å². The Kier molecular flexibility index (Phi) is 8.20. The average Bonchev–Trinajstić information content (AvgIpc) is 2.83. The molecule has 3 rings (SSSR count). The number of amides is 2. The summed E-state index contributed by atoms with van der Waals surface area (Å²) in [7, 11) is 1.29. The number of aromatic nitrogens is 1. The fourth-order valence-electron chi connectivity index (χ4n) is 3.38. The standard InChI is InChI=1S/C27H29N3O5/c1-27(2,3)35-26(33)30-23(14-18-8-6-5-7-9-18)24(31)29-22-16-20(19-10-12-28-13-11-19)15-21(17-22)25(32)34-4/h5-13,15-17,23H,14H2,1-4H3,(H,29,31)(H,30,33)/t23-/m0/s1. The number of nitrogens with one attached hydrogen (secondary N) is 2. The Labute approximate surface area is 204 Å². The van der Waals surface area contributed by atoms with Crippen LogP contribution in [0.4, 0.5) is 10.5 Å². The zero-order chi connectivity index (χ0) is 25.4. The number of hydrogen-bond donors (Lipinski definition) is 2. The second kappa shape index (κ2) is 11.3. The molecule has 2 N–H and O–H groups in total. The molecule has 0 aliphatic heterocycles. The van der Waals surface area contributed by atoms with Crippen molar-refractivity contribution >= 4 is 23.7 Å². The summed E-state index contributed by atoms with van der Waals surface area (Å²) in [5.74, 6) is -0.994. The molecule has 0 saturated carbocycles. The maximum atomic E-state index is 13.3. The number of nitrogens with zero attached hydrogens (tertiary/aromatic N) is 1. The highest BCUT2D eigenvalue weighted by Crippen LogP contribution is 2.25. The maximum absolute atomic E-state index is 13.3. The highest BCUT2D eigenvalue weighted by molar-refractivity contribution is 5.99. The van der Waals surface area contributed by atoms with Crippen LogP contribution in [0.3, 0.4) is 0 Å². The molecule has 0 saturated heterocycles. The Balaban J connectivity index is 1.89. The third kappa shape index (κ3) is 7.67. The minimum Gasteiger partial charge on any atom is -0.465 e. The number of benzene rings is 2. The van der Waals surface area contributed by atoms with Gasteiger partial charge in [-0.15, -0.1) is 0 Å². The molecule has 0 radical (unpaired) electrons. The quantitative estimate of drug-likeness (QED) is 0.484. The molecule has 3 aromatic rings.